The fourth-order valence-corrected chi connectivity index (χ4v) is 5.88. The predicted molar refractivity (Wildman–Crippen MR) is 83.9 cm³/mol. The Morgan fingerprint density at radius 2 is 0.765 bits per heavy atom. The predicted octanol–water partition coefficient (Wildman–Crippen LogP) is 6.15. The summed E-state index contributed by atoms with van der Waals surface area (Å²) in [5, 5.41) is 0. The second-order valence-corrected chi connectivity index (χ2v) is 11.5. The Balaban J connectivity index is 4.59. The highest BCUT2D eigenvalue weighted by Crippen LogP contribution is 2.47. The van der Waals surface area contributed by atoms with Gasteiger partial charge in [-0.2, -0.15) is 0 Å². The molecular weight excluding hydrogens is 224 g/mol. The zero-order valence-corrected chi connectivity index (χ0v) is 14.6. The van der Waals surface area contributed by atoms with Crippen LogP contribution in [0, 0.1) is 10.8 Å². The molecule has 0 saturated heterocycles. The van der Waals surface area contributed by atoms with Crippen LogP contribution in [0.5, 0.6) is 0 Å². The van der Waals surface area contributed by atoms with E-state index in [9.17, 15) is 0 Å². The highest BCUT2D eigenvalue weighted by molar-refractivity contribution is 8.01. The number of rotatable bonds is 4. The first-order chi connectivity index (χ1) is 7.12. The Morgan fingerprint density at radius 1 is 0.529 bits per heavy atom. The molecule has 0 saturated carbocycles. The van der Waals surface area contributed by atoms with E-state index < -0.39 is 0 Å². The van der Waals surface area contributed by atoms with Crippen LogP contribution < -0.4 is 0 Å². The summed E-state index contributed by atoms with van der Waals surface area (Å²) in [6.45, 7) is 23.6. The Kier molecular flexibility index (Phi) is 5.26. The summed E-state index contributed by atoms with van der Waals surface area (Å²) < 4.78 is 0.708. The number of hydrogen-bond donors (Lipinski definition) is 0. The van der Waals surface area contributed by atoms with E-state index in [4.69, 9.17) is 0 Å². The van der Waals surface area contributed by atoms with Gasteiger partial charge in [0.15, 0.2) is 0 Å². The molecule has 0 rings (SSSR count). The topological polar surface area (TPSA) is 0 Å². The molecular formula is C16H34S. The molecule has 0 bridgehead atoms. The SMILES string of the molecule is CC(C)(C)CC(C)(C)SC(C)(C)CC(C)(C)C. The van der Waals surface area contributed by atoms with Gasteiger partial charge in [0, 0.05) is 9.49 Å². The van der Waals surface area contributed by atoms with E-state index in [1.54, 1.807) is 0 Å². The molecule has 104 valence electrons. The molecule has 0 aromatic heterocycles. The first kappa shape index (κ1) is 17.4. The lowest BCUT2D eigenvalue weighted by Crippen LogP contribution is -2.32. The molecule has 0 amide bonds. The van der Waals surface area contributed by atoms with Crippen LogP contribution in [0.4, 0.5) is 0 Å². The van der Waals surface area contributed by atoms with Crippen LogP contribution in [-0.2, 0) is 0 Å². The van der Waals surface area contributed by atoms with E-state index in [1.165, 1.54) is 12.8 Å². The largest absolute Gasteiger partial charge is 0.149 e. The molecule has 0 aliphatic carbocycles. The minimum absolute atomic E-state index is 0.354. The van der Waals surface area contributed by atoms with Gasteiger partial charge in [0.2, 0.25) is 0 Å². The molecule has 0 heterocycles. The molecule has 0 aliphatic rings. The molecule has 0 aromatic rings. The van der Waals surface area contributed by atoms with Crippen LogP contribution in [-0.4, -0.2) is 9.49 Å². The summed E-state index contributed by atoms with van der Waals surface area (Å²) in [5.74, 6) is 0. The minimum atomic E-state index is 0.354. The highest BCUT2D eigenvalue weighted by atomic mass is 32.2. The molecule has 0 aromatic carbocycles. The summed E-state index contributed by atoms with van der Waals surface area (Å²) in [6, 6.07) is 0. The van der Waals surface area contributed by atoms with Gasteiger partial charge in [0.1, 0.15) is 0 Å². The van der Waals surface area contributed by atoms with E-state index in [0.717, 1.165) is 0 Å². The molecule has 17 heavy (non-hydrogen) atoms. The summed E-state index contributed by atoms with van der Waals surface area (Å²) in [6.07, 6.45) is 2.52. The molecule has 0 radical (unpaired) electrons. The van der Waals surface area contributed by atoms with Crippen LogP contribution in [0.2, 0.25) is 0 Å². The third-order valence-corrected chi connectivity index (χ3v) is 3.86. The van der Waals surface area contributed by atoms with Gasteiger partial charge in [-0.25, -0.2) is 0 Å². The van der Waals surface area contributed by atoms with Gasteiger partial charge in [0.05, 0.1) is 0 Å². The van der Waals surface area contributed by atoms with Crippen molar-refractivity contribution >= 4 is 11.8 Å². The van der Waals surface area contributed by atoms with Gasteiger partial charge in [0.25, 0.3) is 0 Å². The van der Waals surface area contributed by atoms with Gasteiger partial charge in [-0.3, -0.25) is 0 Å². The second kappa shape index (κ2) is 5.15. The van der Waals surface area contributed by atoms with Crippen molar-refractivity contribution < 1.29 is 0 Å². The lowest BCUT2D eigenvalue weighted by Gasteiger charge is -2.41. The van der Waals surface area contributed by atoms with Gasteiger partial charge >= 0.3 is 0 Å². The van der Waals surface area contributed by atoms with Crippen molar-refractivity contribution in [1.29, 1.82) is 0 Å². The molecule has 0 aliphatic heterocycles. The molecule has 0 spiro atoms. The maximum Gasteiger partial charge on any atom is 0.0114 e. The summed E-state index contributed by atoms with van der Waals surface area (Å²) in [5.41, 5.74) is 0.822. The van der Waals surface area contributed by atoms with Crippen molar-refractivity contribution in [2.75, 3.05) is 0 Å². The van der Waals surface area contributed by atoms with Crippen molar-refractivity contribution in [3.05, 3.63) is 0 Å². The fourth-order valence-electron chi connectivity index (χ4n) is 3.37. The standard InChI is InChI=1S/C16H34S/c1-13(2,3)11-15(7,8)17-16(9,10)12-14(4,5)6/h11-12H2,1-10H3. The minimum Gasteiger partial charge on any atom is -0.149 e. The van der Waals surface area contributed by atoms with Gasteiger partial charge in [-0.15, -0.1) is 11.8 Å². The zero-order valence-electron chi connectivity index (χ0n) is 13.8. The van der Waals surface area contributed by atoms with E-state index in [2.05, 4.69) is 81.0 Å². The van der Waals surface area contributed by atoms with Gasteiger partial charge < -0.3 is 0 Å². The summed E-state index contributed by atoms with van der Waals surface area (Å²) >= 11 is 2.16. The number of hydrogen-bond acceptors (Lipinski definition) is 1. The van der Waals surface area contributed by atoms with Crippen molar-refractivity contribution in [2.45, 2.75) is 91.6 Å². The van der Waals surface area contributed by atoms with E-state index in [0.29, 0.717) is 20.3 Å². The van der Waals surface area contributed by atoms with Gasteiger partial charge in [-0.1, -0.05) is 69.2 Å². The molecule has 0 fully saturated rings. The van der Waals surface area contributed by atoms with Gasteiger partial charge in [-0.05, 0) is 23.7 Å². The Hall–Kier alpha value is 0.350. The second-order valence-electron chi connectivity index (χ2n) is 9.10. The van der Waals surface area contributed by atoms with Crippen molar-refractivity contribution in [3.8, 4) is 0 Å². The smallest absolute Gasteiger partial charge is 0.0114 e. The lowest BCUT2D eigenvalue weighted by atomic mass is 9.85. The maximum atomic E-state index is 2.40. The van der Waals surface area contributed by atoms with Crippen molar-refractivity contribution in [2.24, 2.45) is 10.8 Å². The van der Waals surface area contributed by atoms with Crippen molar-refractivity contribution in [3.63, 3.8) is 0 Å². The zero-order chi connectivity index (χ0) is 14.1. The third kappa shape index (κ3) is 10.00. The van der Waals surface area contributed by atoms with E-state index >= 15 is 0 Å². The molecule has 0 nitrogen and oxygen atoms in total. The Morgan fingerprint density at radius 3 is 0.941 bits per heavy atom. The van der Waals surface area contributed by atoms with Crippen LogP contribution in [0.3, 0.4) is 0 Å². The normalized spacial score (nSPS) is 15.2. The van der Waals surface area contributed by atoms with Crippen molar-refractivity contribution in [1.82, 2.24) is 0 Å². The monoisotopic (exact) mass is 258 g/mol. The average Bonchev–Trinajstić information content (AvgIpc) is 1.65. The Labute approximate surface area is 114 Å². The number of thioether (sulfide) groups is 1. The van der Waals surface area contributed by atoms with Crippen LogP contribution >= 0.6 is 11.8 Å². The van der Waals surface area contributed by atoms with Crippen LogP contribution in [0.1, 0.15) is 82.1 Å². The average molecular weight is 259 g/mol. The first-order valence-electron chi connectivity index (χ1n) is 6.82. The summed E-state index contributed by atoms with van der Waals surface area (Å²) in [4.78, 5) is 0. The quantitative estimate of drug-likeness (QED) is 0.583. The fraction of sp³-hybridized carbons (Fsp3) is 1.00. The maximum absolute atomic E-state index is 2.40. The summed E-state index contributed by atoms with van der Waals surface area (Å²) in [7, 11) is 0. The van der Waals surface area contributed by atoms with E-state index in [-0.39, 0.29) is 0 Å². The third-order valence-electron chi connectivity index (χ3n) is 2.46. The highest BCUT2D eigenvalue weighted by Gasteiger charge is 2.34. The molecule has 0 atom stereocenters. The van der Waals surface area contributed by atoms with Crippen LogP contribution in [0.25, 0.3) is 0 Å². The van der Waals surface area contributed by atoms with E-state index in [1.807, 2.05) is 0 Å². The van der Waals surface area contributed by atoms with Crippen LogP contribution in [0.15, 0.2) is 0 Å². The lowest BCUT2D eigenvalue weighted by molar-refractivity contribution is 0.324. The first-order valence-corrected chi connectivity index (χ1v) is 7.64. The molecule has 0 N–H and O–H groups in total. The molecule has 0 unspecified atom stereocenters. The Bertz CT molecular complexity index is 209. The molecule has 1 heteroatoms.